The molecule has 0 radical (unpaired) electrons. The molecule has 0 amide bonds. The second-order valence-electron chi connectivity index (χ2n) is 7.15. The van der Waals surface area contributed by atoms with Crippen LogP contribution in [-0.4, -0.2) is 68.7 Å². The molecule has 25 heavy (non-hydrogen) atoms. The maximum atomic E-state index is 11.8. The van der Waals surface area contributed by atoms with E-state index in [-0.39, 0.29) is 6.10 Å². The van der Waals surface area contributed by atoms with Gasteiger partial charge in [-0.05, 0) is 70.1 Å². The van der Waals surface area contributed by atoms with Crippen LogP contribution in [0.25, 0.3) is 0 Å². The van der Waals surface area contributed by atoms with Gasteiger partial charge in [-0.25, -0.2) is 13.1 Å². The van der Waals surface area contributed by atoms with Gasteiger partial charge in [-0.3, -0.25) is 9.80 Å². The first-order valence-corrected chi connectivity index (χ1v) is 10.6. The number of nitrogens with one attached hydrogen (secondary N) is 1. The topological polar surface area (TPSA) is 72.9 Å². The molecular formula is C18H29N3O3S. The van der Waals surface area contributed by atoms with E-state index in [1.54, 1.807) is 12.1 Å². The van der Waals surface area contributed by atoms with E-state index in [4.69, 9.17) is 0 Å². The van der Waals surface area contributed by atoms with Crippen molar-refractivity contribution in [2.75, 3.05) is 33.2 Å². The smallest absolute Gasteiger partial charge is 0.240 e. The minimum atomic E-state index is -3.36. The van der Waals surface area contributed by atoms with Crippen molar-refractivity contribution in [2.24, 2.45) is 0 Å². The highest BCUT2D eigenvalue weighted by Gasteiger charge is 2.28. The molecule has 0 aliphatic carbocycles. The highest BCUT2D eigenvalue weighted by atomic mass is 32.2. The zero-order chi connectivity index (χ0) is 17.9. The van der Waals surface area contributed by atoms with E-state index in [1.807, 2.05) is 12.1 Å². The molecule has 0 aromatic heterocycles. The average molecular weight is 368 g/mol. The number of hydrogen-bond acceptors (Lipinski definition) is 5. The van der Waals surface area contributed by atoms with Crippen molar-refractivity contribution in [1.82, 2.24) is 14.5 Å². The van der Waals surface area contributed by atoms with E-state index in [0.717, 1.165) is 64.0 Å². The number of likely N-dealkylation sites (tertiary alicyclic amines) is 2. The zero-order valence-electron chi connectivity index (χ0n) is 14.9. The van der Waals surface area contributed by atoms with Crippen LogP contribution in [0.4, 0.5) is 0 Å². The van der Waals surface area contributed by atoms with Crippen LogP contribution in [0.15, 0.2) is 29.2 Å². The highest BCUT2D eigenvalue weighted by molar-refractivity contribution is 7.89. The number of benzene rings is 1. The van der Waals surface area contributed by atoms with E-state index in [0.29, 0.717) is 10.9 Å². The third-order valence-corrected chi connectivity index (χ3v) is 6.84. The Bertz CT molecular complexity index is 655. The molecule has 3 rings (SSSR count). The Kier molecular flexibility index (Phi) is 6.12. The molecule has 2 aliphatic heterocycles. The average Bonchev–Trinajstić information content (AvgIpc) is 2.63. The molecule has 7 heteroatoms. The molecule has 140 valence electrons. The number of aliphatic hydroxyl groups excluding tert-OH is 1. The van der Waals surface area contributed by atoms with E-state index in [9.17, 15) is 13.5 Å². The number of piperidine rings is 2. The first kappa shape index (κ1) is 18.8. The second kappa shape index (κ2) is 8.14. The van der Waals surface area contributed by atoms with Gasteiger partial charge in [0.1, 0.15) is 0 Å². The van der Waals surface area contributed by atoms with Gasteiger partial charge < -0.3 is 5.11 Å². The van der Waals surface area contributed by atoms with E-state index >= 15 is 0 Å². The zero-order valence-corrected chi connectivity index (χ0v) is 15.7. The number of sulfonamides is 1. The first-order valence-electron chi connectivity index (χ1n) is 9.15. The molecule has 6 nitrogen and oxygen atoms in total. The van der Waals surface area contributed by atoms with Crippen molar-refractivity contribution in [1.29, 1.82) is 0 Å². The Labute approximate surface area is 150 Å². The van der Waals surface area contributed by atoms with Crippen LogP contribution in [0.3, 0.4) is 0 Å². The molecule has 1 aromatic rings. The fraction of sp³-hybridized carbons (Fsp3) is 0.667. The van der Waals surface area contributed by atoms with Gasteiger partial charge in [-0.15, -0.1) is 0 Å². The van der Waals surface area contributed by atoms with Crippen LogP contribution in [-0.2, 0) is 16.6 Å². The lowest BCUT2D eigenvalue weighted by Gasteiger charge is -2.41. The van der Waals surface area contributed by atoms with Crippen LogP contribution >= 0.6 is 0 Å². The van der Waals surface area contributed by atoms with Crippen LogP contribution in [0.2, 0.25) is 0 Å². The van der Waals surface area contributed by atoms with Gasteiger partial charge in [-0.2, -0.15) is 0 Å². The molecule has 1 aromatic carbocycles. The number of rotatable bonds is 5. The summed E-state index contributed by atoms with van der Waals surface area (Å²) < 4.78 is 25.9. The lowest BCUT2D eigenvalue weighted by molar-refractivity contribution is 0.0243. The highest BCUT2D eigenvalue weighted by Crippen LogP contribution is 2.22. The van der Waals surface area contributed by atoms with E-state index in [2.05, 4.69) is 14.5 Å². The predicted octanol–water partition coefficient (Wildman–Crippen LogP) is 1.02. The molecule has 0 unspecified atom stereocenters. The minimum absolute atomic E-state index is 0.154. The van der Waals surface area contributed by atoms with Crippen LogP contribution in [0.1, 0.15) is 31.2 Å². The van der Waals surface area contributed by atoms with Crippen LogP contribution in [0, 0.1) is 0 Å². The summed E-state index contributed by atoms with van der Waals surface area (Å²) in [6.07, 6.45) is 4.16. The van der Waals surface area contributed by atoms with Crippen molar-refractivity contribution in [3.63, 3.8) is 0 Å². The number of aliphatic hydroxyl groups is 1. The Morgan fingerprint density at radius 1 is 1.12 bits per heavy atom. The maximum absolute atomic E-state index is 11.8. The minimum Gasteiger partial charge on any atom is -0.392 e. The molecule has 0 saturated carbocycles. The number of nitrogens with zero attached hydrogens (tertiary/aromatic N) is 2. The lowest BCUT2D eigenvalue weighted by atomic mass is 9.98. The van der Waals surface area contributed by atoms with Crippen molar-refractivity contribution in [3.8, 4) is 0 Å². The molecule has 1 atom stereocenters. The van der Waals surface area contributed by atoms with Crippen molar-refractivity contribution in [3.05, 3.63) is 29.8 Å². The second-order valence-corrected chi connectivity index (χ2v) is 9.04. The summed E-state index contributed by atoms with van der Waals surface area (Å²) in [5.74, 6) is 0. The van der Waals surface area contributed by atoms with Gasteiger partial charge in [0, 0.05) is 19.1 Å². The fourth-order valence-corrected chi connectivity index (χ4v) is 4.64. The van der Waals surface area contributed by atoms with Gasteiger partial charge in [-0.1, -0.05) is 12.1 Å². The fourth-order valence-electron chi connectivity index (χ4n) is 3.91. The molecule has 2 fully saturated rings. The Morgan fingerprint density at radius 3 is 2.40 bits per heavy atom. The third-order valence-electron chi connectivity index (χ3n) is 5.41. The van der Waals surface area contributed by atoms with Gasteiger partial charge in [0.05, 0.1) is 11.0 Å². The summed E-state index contributed by atoms with van der Waals surface area (Å²) in [5, 5.41) is 9.86. The number of hydrogen-bond donors (Lipinski definition) is 2. The molecule has 0 spiro atoms. The normalized spacial score (nSPS) is 24.5. The standard InChI is InChI=1S/C18H29N3O3S/c1-19-25(23,24)18-6-4-15(5-7-18)13-20-11-8-16(9-12-20)21-10-2-3-17(22)14-21/h4-7,16-17,19,22H,2-3,8-14H2,1H3/t17-/m1/s1. The van der Waals surface area contributed by atoms with Crippen molar-refractivity contribution >= 4 is 10.0 Å². The summed E-state index contributed by atoms with van der Waals surface area (Å²) in [5.41, 5.74) is 1.14. The van der Waals surface area contributed by atoms with Crippen molar-refractivity contribution in [2.45, 2.75) is 49.3 Å². The Balaban J connectivity index is 1.50. The molecular weight excluding hydrogens is 338 g/mol. The Hall–Kier alpha value is -0.990. The van der Waals surface area contributed by atoms with Gasteiger partial charge >= 0.3 is 0 Å². The first-order chi connectivity index (χ1) is 12.0. The van der Waals surface area contributed by atoms with Gasteiger partial charge in [0.15, 0.2) is 0 Å². The summed E-state index contributed by atoms with van der Waals surface area (Å²) in [6, 6.07) is 7.73. The quantitative estimate of drug-likeness (QED) is 0.813. The third kappa shape index (κ3) is 4.80. The number of β-amino-alcohol motifs (C(OH)–C–C–N with tert-alkyl or cyclic N) is 1. The molecule has 2 saturated heterocycles. The van der Waals surface area contributed by atoms with Gasteiger partial charge in [0.2, 0.25) is 10.0 Å². The molecule has 2 N–H and O–H groups in total. The SMILES string of the molecule is CNS(=O)(=O)c1ccc(CN2CCC(N3CCC[C@@H](O)C3)CC2)cc1. The van der Waals surface area contributed by atoms with Crippen molar-refractivity contribution < 1.29 is 13.5 Å². The Morgan fingerprint density at radius 2 is 1.80 bits per heavy atom. The molecule has 0 bridgehead atoms. The van der Waals surface area contributed by atoms with Gasteiger partial charge in [0.25, 0.3) is 0 Å². The summed E-state index contributed by atoms with van der Waals surface area (Å²) in [6.45, 7) is 4.89. The van der Waals surface area contributed by atoms with E-state index in [1.165, 1.54) is 7.05 Å². The largest absolute Gasteiger partial charge is 0.392 e. The monoisotopic (exact) mass is 367 g/mol. The summed E-state index contributed by atoms with van der Waals surface area (Å²) in [7, 11) is -1.94. The molecule has 2 aliphatic rings. The lowest BCUT2D eigenvalue weighted by Crippen LogP contribution is -2.49. The van der Waals surface area contributed by atoms with E-state index < -0.39 is 10.0 Å². The predicted molar refractivity (Wildman–Crippen MR) is 97.8 cm³/mol. The van der Waals surface area contributed by atoms with Crippen LogP contribution < -0.4 is 4.72 Å². The molecule has 2 heterocycles. The summed E-state index contributed by atoms with van der Waals surface area (Å²) >= 11 is 0. The maximum Gasteiger partial charge on any atom is 0.240 e. The summed E-state index contributed by atoms with van der Waals surface area (Å²) in [4.78, 5) is 5.20. The van der Waals surface area contributed by atoms with Crippen LogP contribution in [0.5, 0.6) is 0 Å².